The van der Waals surface area contributed by atoms with E-state index in [0.29, 0.717) is 5.92 Å². The van der Waals surface area contributed by atoms with Gasteiger partial charge in [-0.3, -0.25) is 0 Å². The van der Waals surface area contributed by atoms with Crippen molar-refractivity contribution < 1.29 is 0 Å². The van der Waals surface area contributed by atoms with Crippen LogP contribution < -0.4 is 0 Å². The first kappa shape index (κ1) is 10.4. The van der Waals surface area contributed by atoms with Crippen LogP contribution >= 0.6 is 38.9 Å². The summed E-state index contributed by atoms with van der Waals surface area (Å²) in [6.45, 7) is 4.29. The van der Waals surface area contributed by atoms with Gasteiger partial charge in [0, 0.05) is 5.92 Å². The fourth-order valence-corrected chi connectivity index (χ4v) is 2.90. The van der Waals surface area contributed by atoms with Crippen molar-refractivity contribution in [2.45, 2.75) is 19.8 Å². The molecular weight excluding hydrogens is 282 g/mol. The molecule has 2 rings (SSSR count). The third-order valence-electron chi connectivity index (χ3n) is 1.96. The topological polar surface area (TPSA) is 12.9 Å². The van der Waals surface area contributed by atoms with Crippen molar-refractivity contribution in [1.82, 2.24) is 4.98 Å². The van der Waals surface area contributed by atoms with Gasteiger partial charge in [-0.05, 0) is 28.1 Å². The zero-order valence-electron chi connectivity index (χ0n) is 7.84. The van der Waals surface area contributed by atoms with Gasteiger partial charge in [0.05, 0.1) is 24.7 Å². The molecule has 1 heterocycles. The van der Waals surface area contributed by atoms with E-state index in [4.69, 9.17) is 11.6 Å². The van der Waals surface area contributed by atoms with Crippen molar-refractivity contribution in [2.24, 2.45) is 0 Å². The molecule has 2 aromatic rings. The molecule has 1 aromatic carbocycles. The molecule has 4 heteroatoms. The summed E-state index contributed by atoms with van der Waals surface area (Å²) in [5.74, 6) is 0.470. The summed E-state index contributed by atoms with van der Waals surface area (Å²) in [6, 6.07) is 3.92. The molecule has 0 unspecified atom stereocenters. The van der Waals surface area contributed by atoms with Gasteiger partial charge in [0.2, 0.25) is 0 Å². The standard InChI is InChI=1S/C10H9BrClNS/c1-5(2)10-13-9-7(14-10)4-3-6(12)8(9)11/h3-5H,1-2H3. The zero-order chi connectivity index (χ0) is 10.3. The van der Waals surface area contributed by atoms with E-state index in [-0.39, 0.29) is 0 Å². The van der Waals surface area contributed by atoms with Gasteiger partial charge in [-0.2, -0.15) is 0 Å². The highest BCUT2D eigenvalue weighted by atomic mass is 79.9. The van der Waals surface area contributed by atoms with Gasteiger partial charge in [0.25, 0.3) is 0 Å². The van der Waals surface area contributed by atoms with Crippen molar-refractivity contribution in [3.8, 4) is 0 Å². The van der Waals surface area contributed by atoms with E-state index in [1.54, 1.807) is 11.3 Å². The second-order valence-electron chi connectivity index (χ2n) is 3.41. The van der Waals surface area contributed by atoms with E-state index in [2.05, 4.69) is 34.8 Å². The smallest absolute Gasteiger partial charge is 0.0972 e. The van der Waals surface area contributed by atoms with Gasteiger partial charge in [-0.1, -0.05) is 25.4 Å². The van der Waals surface area contributed by atoms with Gasteiger partial charge < -0.3 is 0 Å². The molecule has 74 valence electrons. The van der Waals surface area contributed by atoms with E-state index < -0.39 is 0 Å². The summed E-state index contributed by atoms with van der Waals surface area (Å²) in [7, 11) is 0. The van der Waals surface area contributed by atoms with Crippen LogP contribution in [0.15, 0.2) is 16.6 Å². The lowest BCUT2D eigenvalue weighted by atomic mass is 10.2. The van der Waals surface area contributed by atoms with Crippen molar-refractivity contribution in [2.75, 3.05) is 0 Å². The van der Waals surface area contributed by atoms with Crippen LogP contribution in [0, 0.1) is 0 Å². The molecule has 0 bridgehead atoms. The van der Waals surface area contributed by atoms with Crippen LogP contribution in [0.4, 0.5) is 0 Å². The molecule has 0 saturated heterocycles. The summed E-state index contributed by atoms with van der Waals surface area (Å²) in [5.41, 5.74) is 0.978. The summed E-state index contributed by atoms with van der Waals surface area (Å²) < 4.78 is 2.09. The molecule has 0 saturated carbocycles. The van der Waals surface area contributed by atoms with E-state index >= 15 is 0 Å². The summed E-state index contributed by atoms with van der Waals surface area (Å²) in [5, 5.41) is 1.88. The van der Waals surface area contributed by atoms with Gasteiger partial charge >= 0.3 is 0 Å². The number of fused-ring (bicyclic) bond motifs is 1. The minimum atomic E-state index is 0.470. The van der Waals surface area contributed by atoms with E-state index in [1.165, 1.54) is 4.70 Å². The number of benzene rings is 1. The number of rotatable bonds is 1. The normalized spacial score (nSPS) is 11.5. The first-order chi connectivity index (χ1) is 6.59. The highest BCUT2D eigenvalue weighted by molar-refractivity contribution is 9.10. The second-order valence-corrected chi connectivity index (χ2v) is 5.68. The number of halogens is 2. The van der Waals surface area contributed by atoms with Crippen molar-refractivity contribution in [1.29, 1.82) is 0 Å². The predicted octanol–water partition coefficient (Wildman–Crippen LogP) is 4.84. The Bertz CT molecular complexity index is 478. The Balaban J connectivity index is 2.71. The molecule has 0 aliphatic rings. The van der Waals surface area contributed by atoms with E-state index in [9.17, 15) is 0 Å². The largest absolute Gasteiger partial charge is 0.240 e. The average molecular weight is 291 g/mol. The molecule has 0 amide bonds. The lowest BCUT2D eigenvalue weighted by Crippen LogP contribution is -1.83. The molecule has 0 N–H and O–H groups in total. The van der Waals surface area contributed by atoms with E-state index in [1.807, 2.05) is 12.1 Å². The third-order valence-corrected chi connectivity index (χ3v) is 4.63. The summed E-state index contributed by atoms with van der Waals surface area (Å²) in [4.78, 5) is 4.56. The van der Waals surface area contributed by atoms with Crippen LogP contribution in [0.5, 0.6) is 0 Å². The highest BCUT2D eigenvalue weighted by Crippen LogP contribution is 2.35. The van der Waals surface area contributed by atoms with Crippen LogP contribution in [0.2, 0.25) is 5.02 Å². The number of nitrogens with zero attached hydrogens (tertiary/aromatic N) is 1. The van der Waals surface area contributed by atoms with Gasteiger partial charge in [-0.15, -0.1) is 11.3 Å². The molecule has 0 spiro atoms. The van der Waals surface area contributed by atoms with Crippen molar-refractivity contribution in [3.63, 3.8) is 0 Å². The maximum absolute atomic E-state index is 5.99. The summed E-state index contributed by atoms with van der Waals surface area (Å²) in [6.07, 6.45) is 0. The van der Waals surface area contributed by atoms with Gasteiger partial charge in [-0.25, -0.2) is 4.98 Å². The third kappa shape index (κ3) is 1.69. The Morgan fingerprint density at radius 3 is 2.79 bits per heavy atom. The molecule has 14 heavy (non-hydrogen) atoms. The minimum absolute atomic E-state index is 0.470. The first-order valence-corrected chi connectivity index (χ1v) is 6.32. The lowest BCUT2D eigenvalue weighted by Gasteiger charge is -1.95. The van der Waals surface area contributed by atoms with Gasteiger partial charge in [0.15, 0.2) is 0 Å². The number of hydrogen-bond acceptors (Lipinski definition) is 2. The molecular formula is C10H9BrClNS. The molecule has 0 radical (unpaired) electrons. The molecule has 0 fully saturated rings. The maximum atomic E-state index is 5.99. The van der Waals surface area contributed by atoms with Crippen molar-refractivity contribution >= 4 is 49.1 Å². The lowest BCUT2D eigenvalue weighted by molar-refractivity contribution is 0.856. The van der Waals surface area contributed by atoms with Crippen LogP contribution in [0.3, 0.4) is 0 Å². The quantitative estimate of drug-likeness (QED) is 0.732. The monoisotopic (exact) mass is 289 g/mol. The Kier molecular flexibility index (Phi) is 2.82. The Hall–Kier alpha value is -0.120. The van der Waals surface area contributed by atoms with Crippen LogP contribution in [-0.4, -0.2) is 4.98 Å². The molecule has 0 aliphatic carbocycles. The predicted molar refractivity (Wildman–Crippen MR) is 66.4 cm³/mol. The molecule has 1 nitrogen and oxygen atoms in total. The second kappa shape index (κ2) is 3.80. The molecule has 0 atom stereocenters. The SMILES string of the molecule is CC(C)c1nc2c(Br)c(Cl)ccc2s1. The van der Waals surface area contributed by atoms with Crippen molar-refractivity contribution in [3.05, 3.63) is 26.6 Å². The average Bonchev–Trinajstić information content (AvgIpc) is 2.56. The van der Waals surface area contributed by atoms with E-state index in [0.717, 1.165) is 20.0 Å². The highest BCUT2D eigenvalue weighted by Gasteiger charge is 2.11. The Morgan fingerprint density at radius 2 is 2.14 bits per heavy atom. The number of aromatic nitrogens is 1. The van der Waals surface area contributed by atoms with Crippen LogP contribution in [0.25, 0.3) is 10.2 Å². The molecule has 1 aromatic heterocycles. The Labute approximate surface area is 100 Å². The Morgan fingerprint density at radius 1 is 1.43 bits per heavy atom. The van der Waals surface area contributed by atoms with Crippen LogP contribution in [0.1, 0.15) is 24.8 Å². The molecule has 0 aliphatic heterocycles. The van der Waals surface area contributed by atoms with Gasteiger partial charge in [0.1, 0.15) is 0 Å². The maximum Gasteiger partial charge on any atom is 0.0972 e. The summed E-state index contributed by atoms with van der Waals surface area (Å²) >= 11 is 11.2. The zero-order valence-corrected chi connectivity index (χ0v) is 11.0. The first-order valence-electron chi connectivity index (χ1n) is 4.34. The van der Waals surface area contributed by atoms with Crippen LogP contribution in [-0.2, 0) is 0 Å². The minimum Gasteiger partial charge on any atom is -0.240 e. The fourth-order valence-electron chi connectivity index (χ4n) is 1.20. The number of hydrogen-bond donors (Lipinski definition) is 0. The number of thiazole rings is 1. The fraction of sp³-hybridized carbons (Fsp3) is 0.300.